The molecule has 1 fully saturated rings. The molecule has 6 heteroatoms. The van der Waals surface area contributed by atoms with Crippen LogP contribution in [0.5, 0.6) is 0 Å². The first-order valence-electron chi connectivity index (χ1n) is 6.66. The first-order valence-corrected chi connectivity index (χ1v) is 7.65. The van der Waals surface area contributed by atoms with Gasteiger partial charge in [-0.05, 0) is 25.0 Å². The largest absolute Gasteiger partial charge is 0.398 e. The van der Waals surface area contributed by atoms with Crippen LogP contribution in [0.15, 0.2) is 11.0 Å². The molecule has 1 aromatic rings. The van der Waals surface area contributed by atoms with Gasteiger partial charge in [0, 0.05) is 29.4 Å². The fourth-order valence-corrected chi connectivity index (χ4v) is 4.27. The average Bonchev–Trinajstić information content (AvgIpc) is 2.82. The number of halogens is 1. The van der Waals surface area contributed by atoms with Crippen LogP contribution in [0.2, 0.25) is 0 Å². The zero-order valence-corrected chi connectivity index (χ0v) is 12.0. The smallest absolute Gasteiger partial charge is 0.184 e. The maximum atomic E-state index is 13.7. The van der Waals surface area contributed by atoms with Gasteiger partial charge in [0.05, 0.1) is 17.7 Å². The Labute approximate surface area is 121 Å². The maximum absolute atomic E-state index is 13.7. The summed E-state index contributed by atoms with van der Waals surface area (Å²) in [5.74, 6) is 0.174. The van der Waals surface area contributed by atoms with E-state index in [2.05, 4.69) is 0 Å². The van der Waals surface area contributed by atoms with Crippen LogP contribution in [-0.2, 0) is 0 Å². The summed E-state index contributed by atoms with van der Waals surface area (Å²) in [6, 6.07) is 0.963. The molecule has 2 heterocycles. The van der Waals surface area contributed by atoms with E-state index in [1.54, 1.807) is 6.92 Å². The van der Waals surface area contributed by atoms with Crippen LogP contribution in [0.3, 0.4) is 0 Å². The van der Waals surface area contributed by atoms with E-state index < -0.39 is 0 Å². The first kappa shape index (κ1) is 13.9. The summed E-state index contributed by atoms with van der Waals surface area (Å²) in [5, 5.41) is 9.61. The number of hydrogen-bond donors (Lipinski definition) is 2. The van der Waals surface area contributed by atoms with Crippen LogP contribution >= 0.6 is 11.8 Å². The third kappa shape index (κ3) is 2.12. The Hall–Kier alpha value is -1.11. The van der Waals surface area contributed by atoms with Gasteiger partial charge in [-0.3, -0.25) is 9.69 Å². The molecule has 1 aromatic carbocycles. The number of thioether (sulfide) groups is 1. The Bertz CT molecular complexity index is 579. The number of carbonyl (C=O) groups excluding carboxylic acids is 1. The lowest BCUT2D eigenvalue weighted by Gasteiger charge is -2.31. The van der Waals surface area contributed by atoms with E-state index in [0.717, 1.165) is 0 Å². The summed E-state index contributed by atoms with van der Waals surface area (Å²) < 4.78 is 13.7. The molecule has 108 valence electrons. The van der Waals surface area contributed by atoms with Crippen molar-refractivity contribution in [2.75, 3.05) is 24.6 Å². The summed E-state index contributed by atoms with van der Waals surface area (Å²) in [7, 11) is 0. The summed E-state index contributed by atoms with van der Waals surface area (Å²) in [6.07, 6.45) is 0.334. The minimum atomic E-state index is -0.364. The molecule has 2 aliphatic rings. The van der Waals surface area contributed by atoms with Crippen molar-refractivity contribution in [1.82, 2.24) is 4.90 Å². The zero-order chi connectivity index (χ0) is 14.4. The van der Waals surface area contributed by atoms with E-state index in [1.807, 2.05) is 4.90 Å². The van der Waals surface area contributed by atoms with Gasteiger partial charge >= 0.3 is 0 Å². The monoisotopic (exact) mass is 296 g/mol. The van der Waals surface area contributed by atoms with E-state index in [1.165, 1.54) is 17.8 Å². The van der Waals surface area contributed by atoms with Crippen LogP contribution in [0.25, 0.3) is 0 Å². The molecule has 0 spiro atoms. The molecule has 3 rings (SSSR count). The summed E-state index contributed by atoms with van der Waals surface area (Å²) in [4.78, 5) is 15.3. The highest BCUT2D eigenvalue weighted by Gasteiger charge is 2.37. The van der Waals surface area contributed by atoms with Crippen molar-refractivity contribution in [3.05, 3.63) is 23.0 Å². The predicted octanol–water partition coefficient (Wildman–Crippen LogP) is 1.44. The number of ketones is 1. The highest BCUT2D eigenvalue weighted by Crippen LogP contribution is 2.39. The van der Waals surface area contributed by atoms with Gasteiger partial charge in [0.15, 0.2) is 5.78 Å². The van der Waals surface area contributed by atoms with Gasteiger partial charge in [-0.25, -0.2) is 4.39 Å². The summed E-state index contributed by atoms with van der Waals surface area (Å²) >= 11 is 1.48. The molecule has 2 aliphatic heterocycles. The Kier molecular flexibility index (Phi) is 3.48. The molecule has 0 aliphatic carbocycles. The molecule has 1 saturated heterocycles. The molecule has 3 N–H and O–H groups in total. The van der Waals surface area contributed by atoms with Crippen LogP contribution in [0.4, 0.5) is 10.1 Å². The Balaban J connectivity index is 1.97. The highest BCUT2D eigenvalue weighted by atomic mass is 32.2. The molecule has 0 radical (unpaired) electrons. The summed E-state index contributed by atoms with van der Waals surface area (Å²) in [6.45, 7) is 2.91. The molecule has 0 saturated carbocycles. The first-order chi connectivity index (χ1) is 9.49. The SMILES string of the molecule is Cc1c(F)cc(N)c2c1SCC(N1CC[C@H](O)C1)C2=O. The number of anilines is 1. The predicted molar refractivity (Wildman–Crippen MR) is 76.6 cm³/mol. The van der Waals surface area contributed by atoms with E-state index >= 15 is 0 Å². The molecule has 1 unspecified atom stereocenters. The minimum absolute atomic E-state index is 0.0477. The van der Waals surface area contributed by atoms with E-state index in [-0.39, 0.29) is 29.4 Å². The lowest BCUT2D eigenvalue weighted by molar-refractivity contribution is 0.0846. The number of nitrogen functional groups attached to an aromatic ring is 1. The van der Waals surface area contributed by atoms with Crippen molar-refractivity contribution >= 4 is 23.2 Å². The standard InChI is InChI=1S/C14H17FN2O2S/c1-7-9(15)4-10(16)12-13(19)11(6-20-14(7)12)17-3-2-8(18)5-17/h4,8,11,18H,2-3,5-6,16H2,1H3/t8-,11?/m0/s1. The molecular weight excluding hydrogens is 279 g/mol. The maximum Gasteiger partial charge on any atom is 0.184 e. The Morgan fingerprint density at radius 1 is 1.55 bits per heavy atom. The number of nitrogens with two attached hydrogens (primary N) is 1. The van der Waals surface area contributed by atoms with Gasteiger partial charge in [0.2, 0.25) is 0 Å². The molecule has 2 atom stereocenters. The number of aliphatic hydroxyl groups excluding tert-OH is 1. The van der Waals surface area contributed by atoms with Crippen molar-refractivity contribution in [2.24, 2.45) is 0 Å². The molecular formula is C14H17FN2O2S. The third-order valence-corrected chi connectivity index (χ3v) is 5.35. The normalized spacial score (nSPS) is 26.9. The summed E-state index contributed by atoms with van der Waals surface area (Å²) in [5.41, 5.74) is 7.00. The molecule has 0 bridgehead atoms. The number of fused-ring (bicyclic) bond motifs is 1. The van der Waals surface area contributed by atoms with Crippen LogP contribution in [0.1, 0.15) is 22.3 Å². The van der Waals surface area contributed by atoms with Gasteiger partial charge in [-0.2, -0.15) is 0 Å². The number of rotatable bonds is 1. The van der Waals surface area contributed by atoms with Crippen molar-refractivity contribution in [1.29, 1.82) is 0 Å². The van der Waals surface area contributed by atoms with Crippen molar-refractivity contribution in [3.63, 3.8) is 0 Å². The van der Waals surface area contributed by atoms with E-state index in [0.29, 0.717) is 41.3 Å². The molecule has 20 heavy (non-hydrogen) atoms. The quantitative estimate of drug-likeness (QED) is 0.768. The number of nitrogens with zero attached hydrogens (tertiary/aromatic N) is 1. The second-order valence-corrected chi connectivity index (χ2v) is 6.44. The van der Waals surface area contributed by atoms with Crippen LogP contribution < -0.4 is 5.73 Å². The number of β-amino-alcohol motifs (C(OH)–C–C–N with tert-alkyl or cyclic N) is 1. The average molecular weight is 296 g/mol. The number of carbonyl (C=O) groups is 1. The Morgan fingerprint density at radius 2 is 2.30 bits per heavy atom. The number of Topliss-reactive ketones (excluding diaryl/α,β-unsaturated/α-hetero) is 1. The van der Waals surface area contributed by atoms with E-state index in [9.17, 15) is 14.3 Å². The van der Waals surface area contributed by atoms with Gasteiger partial charge in [0.25, 0.3) is 0 Å². The lowest BCUT2D eigenvalue weighted by atomic mass is 9.99. The number of likely N-dealkylation sites (tertiary alicyclic amines) is 1. The number of aliphatic hydroxyl groups is 1. The van der Waals surface area contributed by atoms with Crippen molar-refractivity contribution < 1.29 is 14.3 Å². The second-order valence-electron chi connectivity index (χ2n) is 5.41. The molecule has 0 amide bonds. The van der Waals surface area contributed by atoms with Gasteiger partial charge in [0.1, 0.15) is 5.82 Å². The fraction of sp³-hybridized carbons (Fsp3) is 0.500. The van der Waals surface area contributed by atoms with E-state index in [4.69, 9.17) is 5.73 Å². The van der Waals surface area contributed by atoms with Gasteiger partial charge < -0.3 is 10.8 Å². The van der Waals surface area contributed by atoms with Crippen LogP contribution in [-0.4, -0.2) is 46.8 Å². The number of hydrogen-bond acceptors (Lipinski definition) is 5. The highest BCUT2D eigenvalue weighted by molar-refractivity contribution is 7.99. The van der Waals surface area contributed by atoms with Crippen molar-refractivity contribution in [3.8, 4) is 0 Å². The van der Waals surface area contributed by atoms with Crippen molar-refractivity contribution in [2.45, 2.75) is 30.4 Å². The molecule has 0 aromatic heterocycles. The second kappa shape index (κ2) is 5.02. The third-order valence-electron chi connectivity index (χ3n) is 4.07. The zero-order valence-electron chi connectivity index (χ0n) is 11.2. The fourth-order valence-electron chi connectivity index (χ4n) is 2.91. The lowest BCUT2D eigenvalue weighted by Crippen LogP contribution is -2.44. The van der Waals surface area contributed by atoms with Crippen LogP contribution in [0, 0.1) is 12.7 Å². The molecule has 4 nitrogen and oxygen atoms in total. The van der Waals surface area contributed by atoms with Gasteiger partial charge in [-0.1, -0.05) is 0 Å². The number of benzene rings is 1. The van der Waals surface area contributed by atoms with Gasteiger partial charge in [-0.15, -0.1) is 11.8 Å². The Morgan fingerprint density at radius 3 is 2.95 bits per heavy atom. The topological polar surface area (TPSA) is 66.6 Å². The minimum Gasteiger partial charge on any atom is -0.398 e.